The maximum absolute atomic E-state index is 13.5. The van der Waals surface area contributed by atoms with Crippen LogP contribution >= 0.6 is 11.3 Å². The summed E-state index contributed by atoms with van der Waals surface area (Å²) in [5, 5.41) is 5.51. The summed E-state index contributed by atoms with van der Waals surface area (Å²) in [6, 6.07) is 20.2. The van der Waals surface area contributed by atoms with Gasteiger partial charge in [0, 0.05) is 30.1 Å². The van der Waals surface area contributed by atoms with Gasteiger partial charge in [0.05, 0.1) is 18.8 Å². The van der Waals surface area contributed by atoms with Crippen LogP contribution in [-0.2, 0) is 24.1 Å². The van der Waals surface area contributed by atoms with Gasteiger partial charge in [-0.3, -0.25) is 4.79 Å². The number of carbonyl (C=O) groups excluding carboxylic acids is 2. The summed E-state index contributed by atoms with van der Waals surface area (Å²) in [7, 11) is -4.89. The van der Waals surface area contributed by atoms with Gasteiger partial charge in [-0.15, -0.1) is 11.3 Å². The Morgan fingerprint density at radius 1 is 0.927 bits per heavy atom. The molecule has 10 heteroatoms. The number of benzene rings is 2. The van der Waals surface area contributed by atoms with E-state index >= 15 is 0 Å². The van der Waals surface area contributed by atoms with Crippen molar-refractivity contribution in [2.75, 3.05) is 24.2 Å². The molecule has 1 aromatic heterocycles. The van der Waals surface area contributed by atoms with Crippen molar-refractivity contribution in [3.8, 4) is 21.6 Å². The first kappa shape index (κ1) is 31.0. The van der Waals surface area contributed by atoms with E-state index < -0.39 is 28.6 Å². The quantitative estimate of drug-likeness (QED) is 0.185. The first-order chi connectivity index (χ1) is 19.4. The van der Waals surface area contributed by atoms with Gasteiger partial charge in [0.2, 0.25) is 0 Å². The number of urea groups is 1. The maximum Gasteiger partial charge on any atom is 0.319 e. The molecule has 41 heavy (non-hydrogen) atoms. The molecule has 220 valence electrons. The second-order valence-electron chi connectivity index (χ2n) is 11.8. The SMILES string of the molecule is CCNC(=O)Nc1ccc(-c2ccc(-c3ccc([C@@]4(CC(=O)OCC[Si](C)(C)C)CCCCS4(=O)=O)s3)cc2)cc1. The number of rotatable bonds is 10. The van der Waals surface area contributed by atoms with Crippen LogP contribution < -0.4 is 10.6 Å². The molecule has 3 aromatic rings. The van der Waals surface area contributed by atoms with E-state index in [0.717, 1.165) is 34.0 Å². The highest BCUT2D eigenvalue weighted by Crippen LogP contribution is 2.47. The molecule has 2 aromatic carbocycles. The molecule has 0 aliphatic carbocycles. The van der Waals surface area contributed by atoms with Gasteiger partial charge in [-0.1, -0.05) is 62.5 Å². The van der Waals surface area contributed by atoms with Crippen LogP contribution in [0.5, 0.6) is 0 Å². The van der Waals surface area contributed by atoms with Gasteiger partial charge in [-0.05, 0) is 66.8 Å². The summed E-state index contributed by atoms with van der Waals surface area (Å²) < 4.78 is 31.4. The molecule has 2 N–H and O–H groups in total. The van der Waals surface area contributed by atoms with E-state index in [1.165, 1.54) is 11.3 Å². The molecule has 0 saturated carbocycles. The lowest BCUT2D eigenvalue weighted by Gasteiger charge is -2.35. The molecule has 1 fully saturated rings. The number of hydrogen-bond acceptors (Lipinski definition) is 6. The fourth-order valence-corrected chi connectivity index (χ4v) is 9.50. The maximum atomic E-state index is 13.5. The summed E-state index contributed by atoms with van der Waals surface area (Å²) in [4.78, 5) is 26.3. The molecule has 0 spiro atoms. The van der Waals surface area contributed by atoms with E-state index in [0.29, 0.717) is 36.6 Å². The molecule has 7 nitrogen and oxygen atoms in total. The smallest absolute Gasteiger partial charge is 0.319 e. The Balaban J connectivity index is 1.52. The molecule has 1 atom stereocenters. The number of thiophene rings is 1. The molecule has 1 aliphatic rings. The Labute approximate surface area is 248 Å². The summed E-state index contributed by atoms with van der Waals surface area (Å²) in [6.07, 6.45) is 1.69. The van der Waals surface area contributed by atoms with Crippen LogP contribution in [-0.4, -0.2) is 47.4 Å². The van der Waals surface area contributed by atoms with Crippen LogP contribution in [0.3, 0.4) is 0 Å². The van der Waals surface area contributed by atoms with Crippen molar-refractivity contribution >= 4 is 46.9 Å². The molecule has 2 heterocycles. The van der Waals surface area contributed by atoms with Crippen molar-refractivity contribution in [3.05, 3.63) is 65.5 Å². The fraction of sp³-hybridized carbons (Fsp3) is 0.419. The zero-order valence-electron chi connectivity index (χ0n) is 24.3. The monoisotopic (exact) mass is 612 g/mol. The highest BCUT2D eigenvalue weighted by Gasteiger charge is 2.49. The highest BCUT2D eigenvalue weighted by molar-refractivity contribution is 7.92. The van der Waals surface area contributed by atoms with Gasteiger partial charge in [0.1, 0.15) is 4.75 Å². The number of nitrogens with one attached hydrogen (secondary N) is 2. The fourth-order valence-electron chi connectivity index (χ4n) is 5.02. The minimum Gasteiger partial charge on any atom is -0.466 e. The lowest BCUT2D eigenvalue weighted by molar-refractivity contribution is -0.144. The number of amides is 2. The Morgan fingerprint density at radius 2 is 1.56 bits per heavy atom. The number of anilines is 1. The minimum absolute atomic E-state index is 0.0920. The van der Waals surface area contributed by atoms with Gasteiger partial charge in [0.25, 0.3) is 0 Å². The topological polar surface area (TPSA) is 102 Å². The van der Waals surface area contributed by atoms with Crippen molar-refractivity contribution in [2.24, 2.45) is 0 Å². The largest absolute Gasteiger partial charge is 0.466 e. The third-order valence-electron chi connectivity index (χ3n) is 7.42. The van der Waals surface area contributed by atoms with E-state index in [2.05, 4.69) is 30.3 Å². The number of hydrogen-bond donors (Lipinski definition) is 2. The van der Waals surface area contributed by atoms with E-state index in [9.17, 15) is 18.0 Å². The van der Waals surface area contributed by atoms with E-state index in [1.54, 1.807) is 0 Å². The number of carbonyl (C=O) groups is 2. The molecular weight excluding hydrogens is 573 g/mol. The van der Waals surface area contributed by atoms with E-state index in [4.69, 9.17) is 4.74 Å². The summed E-state index contributed by atoms with van der Waals surface area (Å²) >= 11 is 1.45. The highest BCUT2D eigenvalue weighted by atomic mass is 32.2. The average molecular weight is 613 g/mol. The van der Waals surface area contributed by atoms with Gasteiger partial charge < -0.3 is 15.4 Å². The number of sulfone groups is 1. The standard InChI is InChI=1S/C31H40N2O5S2Si/c1-5-32-30(35)33-26-14-12-24(13-15-26)23-8-10-25(11-9-23)27-16-17-28(39-27)31(18-6-7-20-40(31,36)37)22-29(34)38-19-21-41(2,3)4/h8-17H,5-7,18-22H2,1-4H3,(H2,32,33,35)/t31-/m0/s1. The average Bonchev–Trinajstić information content (AvgIpc) is 3.41. The van der Waals surface area contributed by atoms with Crippen molar-refractivity contribution in [1.82, 2.24) is 5.32 Å². The predicted octanol–water partition coefficient (Wildman–Crippen LogP) is 7.29. The zero-order chi connectivity index (χ0) is 29.7. The first-order valence-corrected chi connectivity index (χ1v) is 20.3. The van der Waals surface area contributed by atoms with Crippen LogP contribution in [0.1, 0.15) is 37.5 Å². The third-order valence-corrected chi connectivity index (χ3v) is 13.2. The Kier molecular flexibility index (Phi) is 9.76. The second-order valence-corrected chi connectivity index (χ2v) is 20.9. The van der Waals surface area contributed by atoms with Crippen molar-refractivity contribution in [1.29, 1.82) is 0 Å². The summed E-state index contributed by atoms with van der Waals surface area (Å²) in [5.41, 5.74) is 3.75. The van der Waals surface area contributed by atoms with Gasteiger partial charge in [-0.25, -0.2) is 13.2 Å². The lowest BCUT2D eigenvalue weighted by Crippen LogP contribution is -2.42. The summed E-state index contributed by atoms with van der Waals surface area (Å²) in [6.45, 7) is 9.43. The third kappa shape index (κ3) is 7.67. The predicted molar refractivity (Wildman–Crippen MR) is 171 cm³/mol. The molecular formula is C31H40N2O5S2Si. The van der Waals surface area contributed by atoms with Crippen LogP contribution in [0.15, 0.2) is 60.7 Å². The van der Waals surface area contributed by atoms with Gasteiger partial charge in [-0.2, -0.15) is 0 Å². The lowest BCUT2D eigenvalue weighted by atomic mass is 9.95. The molecule has 0 bridgehead atoms. The van der Waals surface area contributed by atoms with Gasteiger partial charge >= 0.3 is 12.0 Å². The van der Waals surface area contributed by atoms with Crippen molar-refractivity contribution < 1.29 is 22.7 Å². The Morgan fingerprint density at radius 3 is 2.17 bits per heavy atom. The van der Waals surface area contributed by atoms with Crippen LogP contribution in [0.2, 0.25) is 25.7 Å². The van der Waals surface area contributed by atoms with Crippen LogP contribution in [0, 0.1) is 0 Å². The molecule has 2 amide bonds. The number of esters is 1. The zero-order valence-corrected chi connectivity index (χ0v) is 26.9. The van der Waals surface area contributed by atoms with E-state index in [-0.39, 0.29) is 18.2 Å². The molecule has 1 aliphatic heterocycles. The van der Waals surface area contributed by atoms with E-state index in [1.807, 2.05) is 67.6 Å². The van der Waals surface area contributed by atoms with Crippen LogP contribution in [0.25, 0.3) is 21.6 Å². The molecule has 0 unspecified atom stereocenters. The normalized spacial score (nSPS) is 18.4. The van der Waals surface area contributed by atoms with Crippen LogP contribution in [0.4, 0.5) is 10.5 Å². The Hall–Kier alpha value is -2.95. The van der Waals surface area contributed by atoms with Crippen molar-refractivity contribution in [2.45, 2.75) is 63.0 Å². The van der Waals surface area contributed by atoms with Gasteiger partial charge in [0.15, 0.2) is 9.84 Å². The number of ether oxygens (including phenoxy) is 1. The van der Waals surface area contributed by atoms with Crippen molar-refractivity contribution in [3.63, 3.8) is 0 Å². The first-order valence-electron chi connectivity index (χ1n) is 14.2. The molecule has 4 rings (SSSR count). The second kappa shape index (κ2) is 12.9. The Bertz CT molecular complexity index is 1460. The summed E-state index contributed by atoms with van der Waals surface area (Å²) in [5.74, 6) is -0.338. The minimum atomic E-state index is -3.52. The molecule has 1 saturated heterocycles. The molecule has 0 radical (unpaired) electrons.